The highest BCUT2D eigenvalue weighted by molar-refractivity contribution is 5.77. The molecule has 2 heterocycles. The molecule has 0 aliphatic carbocycles. The highest BCUT2D eigenvalue weighted by Crippen LogP contribution is 2.17. The Morgan fingerprint density at radius 2 is 2.08 bits per heavy atom. The number of carbonyl (C=O) groups excluding carboxylic acids is 1. The molecule has 3 rings (SSSR count). The van der Waals surface area contributed by atoms with E-state index in [4.69, 9.17) is 9.84 Å². The number of likely N-dealkylation sites (tertiary alicyclic amines) is 1. The fourth-order valence-corrected chi connectivity index (χ4v) is 2.76. The molecule has 132 valence electrons. The number of amides is 2. The van der Waals surface area contributed by atoms with Crippen LogP contribution < -0.4 is 10.1 Å². The molecular weight excluding hydrogens is 324 g/mol. The summed E-state index contributed by atoms with van der Waals surface area (Å²) in [5, 5.41) is 16.2. The summed E-state index contributed by atoms with van der Waals surface area (Å²) in [6.45, 7) is 1.00. The minimum absolute atomic E-state index is 0.251. The van der Waals surface area contributed by atoms with Crippen LogP contribution in [0.3, 0.4) is 0 Å². The lowest BCUT2D eigenvalue weighted by Gasteiger charge is -2.16. The number of aromatic nitrogens is 2. The van der Waals surface area contributed by atoms with Gasteiger partial charge in [0.05, 0.1) is 31.0 Å². The van der Waals surface area contributed by atoms with Gasteiger partial charge < -0.3 is 20.1 Å². The van der Waals surface area contributed by atoms with Crippen LogP contribution in [0.1, 0.15) is 12.1 Å². The van der Waals surface area contributed by atoms with Crippen LogP contribution in [-0.4, -0.2) is 52.0 Å². The van der Waals surface area contributed by atoms with Crippen molar-refractivity contribution in [1.82, 2.24) is 20.0 Å². The van der Waals surface area contributed by atoms with E-state index in [0.717, 1.165) is 17.1 Å². The normalized spacial score (nSPS) is 16.7. The Labute approximate surface area is 145 Å². The van der Waals surface area contributed by atoms with Crippen molar-refractivity contribution in [1.29, 1.82) is 0 Å². The third-order valence-electron chi connectivity index (χ3n) is 4.23. The van der Waals surface area contributed by atoms with Crippen molar-refractivity contribution in [2.75, 3.05) is 20.2 Å². The molecule has 1 fully saturated rings. The molecule has 1 atom stereocenters. The van der Waals surface area contributed by atoms with E-state index in [9.17, 15) is 9.59 Å². The molecule has 0 saturated carbocycles. The molecule has 1 saturated heterocycles. The lowest BCUT2D eigenvalue weighted by Crippen LogP contribution is -2.38. The molecule has 1 aromatic carbocycles. The average molecular weight is 344 g/mol. The van der Waals surface area contributed by atoms with Gasteiger partial charge in [-0.25, -0.2) is 9.48 Å². The van der Waals surface area contributed by atoms with E-state index in [1.807, 2.05) is 36.5 Å². The maximum absolute atomic E-state index is 12.1. The van der Waals surface area contributed by atoms with E-state index in [2.05, 4.69) is 10.4 Å². The van der Waals surface area contributed by atoms with Gasteiger partial charge in [0.2, 0.25) is 0 Å². The summed E-state index contributed by atoms with van der Waals surface area (Å²) >= 11 is 0. The van der Waals surface area contributed by atoms with Crippen molar-refractivity contribution in [3.8, 4) is 11.4 Å². The summed E-state index contributed by atoms with van der Waals surface area (Å²) in [4.78, 5) is 24.6. The number of rotatable bonds is 5. The number of aliphatic carboxylic acids is 1. The van der Waals surface area contributed by atoms with Crippen LogP contribution in [0.4, 0.5) is 4.79 Å². The van der Waals surface area contributed by atoms with Crippen molar-refractivity contribution in [2.24, 2.45) is 5.92 Å². The van der Waals surface area contributed by atoms with E-state index < -0.39 is 11.9 Å². The molecule has 8 nitrogen and oxygen atoms in total. The molecule has 1 aromatic heterocycles. The number of nitrogens with zero attached hydrogens (tertiary/aromatic N) is 3. The number of hydrogen-bond donors (Lipinski definition) is 2. The molecule has 1 aliphatic rings. The van der Waals surface area contributed by atoms with Crippen LogP contribution >= 0.6 is 0 Å². The van der Waals surface area contributed by atoms with E-state index >= 15 is 0 Å². The quantitative estimate of drug-likeness (QED) is 0.857. The summed E-state index contributed by atoms with van der Waals surface area (Å²) in [5.41, 5.74) is 1.61. The van der Waals surface area contributed by atoms with Crippen LogP contribution in [-0.2, 0) is 11.3 Å². The predicted molar refractivity (Wildman–Crippen MR) is 89.7 cm³/mol. The molecule has 1 unspecified atom stereocenters. The third-order valence-corrected chi connectivity index (χ3v) is 4.23. The van der Waals surface area contributed by atoms with Gasteiger partial charge in [0.25, 0.3) is 0 Å². The number of nitrogens with one attached hydrogen (secondary N) is 1. The Bertz CT molecular complexity index is 756. The third kappa shape index (κ3) is 3.90. The number of methoxy groups -OCH3 is 1. The van der Waals surface area contributed by atoms with Gasteiger partial charge in [-0.05, 0) is 36.8 Å². The van der Waals surface area contributed by atoms with Gasteiger partial charge in [-0.15, -0.1) is 0 Å². The maximum Gasteiger partial charge on any atom is 0.317 e. The Morgan fingerprint density at radius 1 is 1.32 bits per heavy atom. The molecule has 2 aromatic rings. The second kappa shape index (κ2) is 7.25. The second-order valence-corrected chi connectivity index (χ2v) is 5.88. The summed E-state index contributed by atoms with van der Waals surface area (Å²) in [5.74, 6) is -0.553. The van der Waals surface area contributed by atoms with Crippen LogP contribution in [0.2, 0.25) is 0 Å². The first kappa shape index (κ1) is 16.8. The Hall–Kier alpha value is -3.03. The number of urea groups is 1. The fraction of sp³-hybridized carbons (Fsp3) is 0.353. The monoisotopic (exact) mass is 344 g/mol. The summed E-state index contributed by atoms with van der Waals surface area (Å²) in [6, 6.07) is 9.06. The van der Waals surface area contributed by atoms with E-state index in [0.29, 0.717) is 13.0 Å². The zero-order valence-corrected chi connectivity index (χ0v) is 13.9. The molecule has 1 aliphatic heterocycles. The highest BCUT2D eigenvalue weighted by Gasteiger charge is 2.30. The number of hydrogen-bond acceptors (Lipinski definition) is 4. The summed E-state index contributed by atoms with van der Waals surface area (Å²) in [7, 11) is 1.61. The van der Waals surface area contributed by atoms with Crippen LogP contribution in [0.25, 0.3) is 5.69 Å². The number of benzene rings is 1. The van der Waals surface area contributed by atoms with Crippen molar-refractivity contribution in [3.05, 3.63) is 42.2 Å². The Balaban J connectivity index is 1.55. The lowest BCUT2D eigenvalue weighted by molar-refractivity contribution is -0.141. The van der Waals surface area contributed by atoms with Crippen molar-refractivity contribution in [3.63, 3.8) is 0 Å². The van der Waals surface area contributed by atoms with E-state index in [1.165, 1.54) is 4.90 Å². The maximum atomic E-state index is 12.1. The van der Waals surface area contributed by atoms with Crippen molar-refractivity contribution in [2.45, 2.75) is 13.0 Å². The molecule has 0 radical (unpaired) electrons. The molecule has 25 heavy (non-hydrogen) atoms. The first-order chi connectivity index (χ1) is 12.1. The second-order valence-electron chi connectivity index (χ2n) is 5.88. The first-order valence-electron chi connectivity index (χ1n) is 8.01. The summed E-state index contributed by atoms with van der Waals surface area (Å²) < 4.78 is 6.85. The van der Waals surface area contributed by atoms with Gasteiger partial charge >= 0.3 is 12.0 Å². The van der Waals surface area contributed by atoms with Gasteiger partial charge in [-0.2, -0.15) is 5.10 Å². The minimum atomic E-state index is -0.853. The van der Waals surface area contributed by atoms with E-state index in [-0.39, 0.29) is 19.1 Å². The van der Waals surface area contributed by atoms with Gasteiger partial charge in [-0.3, -0.25) is 4.79 Å². The Morgan fingerprint density at radius 3 is 2.72 bits per heavy atom. The number of carbonyl (C=O) groups is 2. The Kier molecular flexibility index (Phi) is 4.87. The summed E-state index contributed by atoms with van der Waals surface area (Å²) in [6.07, 6.45) is 2.31. The molecule has 2 amide bonds. The van der Waals surface area contributed by atoms with Crippen LogP contribution in [0, 0.1) is 5.92 Å². The number of ether oxygens (including phenoxy) is 1. The molecule has 0 spiro atoms. The largest absolute Gasteiger partial charge is 0.497 e. The standard InChI is InChI=1S/C17H20N4O4/c1-25-15-4-2-14(3-5-15)21-9-7-13(19-21)10-18-17(24)20-8-6-12(11-20)16(22)23/h2-5,7,9,12H,6,8,10-11H2,1H3,(H,18,24)(H,22,23). The first-order valence-corrected chi connectivity index (χ1v) is 8.01. The number of carboxylic acid groups (broad SMARTS) is 1. The zero-order chi connectivity index (χ0) is 17.8. The molecule has 0 bridgehead atoms. The van der Waals surface area contributed by atoms with Crippen LogP contribution in [0.5, 0.6) is 5.75 Å². The van der Waals surface area contributed by atoms with Gasteiger partial charge in [0.15, 0.2) is 0 Å². The van der Waals surface area contributed by atoms with Crippen molar-refractivity contribution >= 4 is 12.0 Å². The SMILES string of the molecule is COc1ccc(-n2ccc(CNC(=O)N3CCC(C(=O)O)C3)n2)cc1. The smallest absolute Gasteiger partial charge is 0.317 e. The highest BCUT2D eigenvalue weighted by atomic mass is 16.5. The molecular formula is C17H20N4O4. The van der Waals surface area contributed by atoms with E-state index in [1.54, 1.807) is 11.8 Å². The molecule has 2 N–H and O–H groups in total. The predicted octanol–water partition coefficient (Wildman–Crippen LogP) is 1.50. The topological polar surface area (TPSA) is 96.7 Å². The van der Waals surface area contributed by atoms with Gasteiger partial charge in [0, 0.05) is 19.3 Å². The van der Waals surface area contributed by atoms with Gasteiger partial charge in [0.1, 0.15) is 5.75 Å². The zero-order valence-electron chi connectivity index (χ0n) is 13.9. The fourth-order valence-electron chi connectivity index (χ4n) is 2.76. The van der Waals surface area contributed by atoms with Crippen molar-refractivity contribution < 1.29 is 19.4 Å². The number of carboxylic acids is 1. The molecule has 8 heteroatoms. The average Bonchev–Trinajstić information content (AvgIpc) is 3.29. The van der Waals surface area contributed by atoms with Gasteiger partial charge in [-0.1, -0.05) is 0 Å². The van der Waals surface area contributed by atoms with Crippen LogP contribution in [0.15, 0.2) is 36.5 Å². The minimum Gasteiger partial charge on any atom is -0.497 e. The lowest BCUT2D eigenvalue weighted by atomic mass is 10.1.